The van der Waals surface area contributed by atoms with Gasteiger partial charge in [-0.15, -0.1) is 13.2 Å². The van der Waals surface area contributed by atoms with Crippen LogP contribution in [0.5, 0.6) is 0 Å². The molecule has 0 radical (unpaired) electrons. The van der Waals surface area contributed by atoms with Crippen molar-refractivity contribution in [2.75, 3.05) is 32.8 Å². The molecule has 2 unspecified atom stereocenters. The monoisotopic (exact) mass is 501 g/mol. The van der Waals surface area contributed by atoms with Crippen molar-refractivity contribution in [1.82, 2.24) is 14.7 Å². The van der Waals surface area contributed by atoms with Gasteiger partial charge in [-0.2, -0.15) is 0 Å². The number of amides is 3. The van der Waals surface area contributed by atoms with E-state index in [0.29, 0.717) is 38.9 Å². The van der Waals surface area contributed by atoms with Crippen molar-refractivity contribution in [2.45, 2.75) is 88.5 Å². The second kappa shape index (κ2) is 11.5. The van der Waals surface area contributed by atoms with Crippen LogP contribution in [0.3, 0.4) is 0 Å². The molecule has 4 rings (SSSR count). The highest BCUT2D eigenvalue weighted by Crippen LogP contribution is 2.59. The van der Waals surface area contributed by atoms with E-state index >= 15 is 0 Å². The first-order chi connectivity index (χ1) is 17.4. The third kappa shape index (κ3) is 4.51. The summed E-state index contributed by atoms with van der Waals surface area (Å²) in [6, 6.07) is -0.650. The van der Waals surface area contributed by atoms with Crippen LogP contribution >= 0.6 is 0 Å². The van der Waals surface area contributed by atoms with Crippen molar-refractivity contribution >= 4 is 17.7 Å². The number of rotatable bonds is 12. The van der Waals surface area contributed by atoms with Gasteiger partial charge in [-0.3, -0.25) is 14.4 Å². The highest BCUT2D eigenvalue weighted by Gasteiger charge is 2.74. The Balaban J connectivity index is 1.70. The second-order valence-corrected chi connectivity index (χ2v) is 10.8. The lowest BCUT2D eigenvalue weighted by atomic mass is 9.70. The molecule has 2 bridgehead atoms. The zero-order chi connectivity index (χ0) is 25.9. The summed E-state index contributed by atoms with van der Waals surface area (Å²) in [7, 11) is 0. The molecule has 0 aromatic heterocycles. The normalized spacial score (nSPS) is 31.4. The van der Waals surface area contributed by atoms with Crippen LogP contribution in [0.2, 0.25) is 0 Å². The fraction of sp³-hybridized carbons (Fsp3) is 0.750. The number of aliphatic hydroxyl groups excluding tert-OH is 1. The summed E-state index contributed by atoms with van der Waals surface area (Å²) >= 11 is 0. The predicted octanol–water partition coefficient (Wildman–Crippen LogP) is 2.52. The number of carbonyl (C=O) groups is 3. The topological polar surface area (TPSA) is 90.4 Å². The quantitative estimate of drug-likeness (QED) is 0.415. The van der Waals surface area contributed by atoms with Gasteiger partial charge >= 0.3 is 0 Å². The van der Waals surface area contributed by atoms with E-state index in [2.05, 4.69) is 13.2 Å². The fourth-order valence-corrected chi connectivity index (χ4v) is 7.23. The van der Waals surface area contributed by atoms with Crippen LogP contribution in [-0.4, -0.2) is 94.1 Å². The number of ether oxygens (including phenoxy) is 1. The van der Waals surface area contributed by atoms with Crippen molar-refractivity contribution in [3.63, 3.8) is 0 Å². The average Bonchev–Trinajstić information content (AvgIpc) is 3.53. The summed E-state index contributed by atoms with van der Waals surface area (Å²) in [6.07, 6.45) is 10.8. The summed E-state index contributed by atoms with van der Waals surface area (Å²) in [5.41, 5.74) is -0.991. The van der Waals surface area contributed by atoms with Gasteiger partial charge in [0.25, 0.3) is 0 Å². The van der Waals surface area contributed by atoms with Gasteiger partial charge in [0.05, 0.1) is 17.9 Å². The van der Waals surface area contributed by atoms with E-state index in [-0.39, 0.29) is 43.0 Å². The molecular weight excluding hydrogens is 458 g/mol. The number of likely N-dealkylation sites (tertiary alicyclic amines) is 1. The second-order valence-electron chi connectivity index (χ2n) is 10.8. The third-order valence-corrected chi connectivity index (χ3v) is 8.66. The summed E-state index contributed by atoms with van der Waals surface area (Å²) in [6.45, 7) is 11.4. The van der Waals surface area contributed by atoms with E-state index in [4.69, 9.17) is 4.74 Å². The zero-order valence-corrected chi connectivity index (χ0v) is 21.8. The SMILES string of the molecule is C=CCN(CCC)C(=O)[C@@H]1[C@H]2C(=O)N(CCCO)C(C(=O)N(CC=C)C3CCCCC3)C23CC[C@H]1O3. The largest absolute Gasteiger partial charge is 0.396 e. The lowest BCUT2D eigenvalue weighted by Crippen LogP contribution is -2.58. The molecule has 4 aliphatic rings. The van der Waals surface area contributed by atoms with E-state index in [9.17, 15) is 19.5 Å². The Labute approximate surface area is 215 Å². The third-order valence-electron chi connectivity index (χ3n) is 8.66. The van der Waals surface area contributed by atoms with Crippen molar-refractivity contribution in [1.29, 1.82) is 0 Å². The number of nitrogens with zero attached hydrogens (tertiary/aromatic N) is 3. The van der Waals surface area contributed by atoms with Crippen molar-refractivity contribution < 1.29 is 24.2 Å². The number of carbonyl (C=O) groups excluding carboxylic acids is 3. The van der Waals surface area contributed by atoms with E-state index in [1.54, 1.807) is 22.0 Å². The minimum atomic E-state index is -0.991. The van der Waals surface area contributed by atoms with Crippen molar-refractivity contribution in [3.8, 4) is 0 Å². The van der Waals surface area contributed by atoms with Crippen LogP contribution in [0.4, 0.5) is 0 Å². The maximum Gasteiger partial charge on any atom is 0.248 e. The minimum Gasteiger partial charge on any atom is -0.396 e. The lowest BCUT2D eigenvalue weighted by molar-refractivity contribution is -0.150. The Morgan fingerprint density at radius 3 is 2.50 bits per heavy atom. The molecule has 8 nitrogen and oxygen atoms in total. The average molecular weight is 502 g/mol. The lowest BCUT2D eigenvalue weighted by Gasteiger charge is -2.40. The molecule has 0 aromatic rings. The number of hydrogen-bond donors (Lipinski definition) is 1. The number of aliphatic hydroxyl groups is 1. The standard InChI is InChI=1S/C28H43N3O5/c1-4-15-29(16-5-2)25(33)22-21-13-14-28(36-21)23(22)26(34)31(18-10-19-32)24(28)27(35)30(17-6-3)20-11-8-7-9-12-20/h4,6,20-24,32H,1,3,5,7-19H2,2H3/t21-,22+,23+,24?,28?/m1/s1. The first-order valence-corrected chi connectivity index (χ1v) is 13.8. The smallest absolute Gasteiger partial charge is 0.248 e. The van der Waals surface area contributed by atoms with Gasteiger partial charge in [0.15, 0.2) is 0 Å². The Kier molecular flexibility index (Phi) is 8.56. The maximum absolute atomic E-state index is 14.3. The molecule has 1 aliphatic carbocycles. The van der Waals surface area contributed by atoms with Crippen LogP contribution in [0, 0.1) is 11.8 Å². The molecule has 5 atom stereocenters. The van der Waals surface area contributed by atoms with E-state index in [1.807, 2.05) is 11.8 Å². The summed E-state index contributed by atoms with van der Waals surface area (Å²) < 4.78 is 6.58. The van der Waals surface area contributed by atoms with Crippen molar-refractivity contribution in [3.05, 3.63) is 25.3 Å². The van der Waals surface area contributed by atoms with Gasteiger partial charge in [0.2, 0.25) is 17.7 Å². The molecule has 8 heteroatoms. The molecule has 0 aromatic carbocycles. The Morgan fingerprint density at radius 1 is 1.14 bits per heavy atom. The molecule has 200 valence electrons. The Morgan fingerprint density at radius 2 is 1.86 bits per heavy atom. The summed E-state index contributed by atoms with van der Waals surface area (Å²) in [4.78, 5) is 47.4. The fourth-order valence-electron chi connectivity index (χ4n) is 7.23. The predicted molar refractivity (Wildman–Crippen MR) is 137 cm³/mol. The number of fused-ring (bicyclic) bond motifs is 1. The van der Waals surface area contributed by atoms with E-state index < -0.39 is 23.5 Å². The molecule has 36 heavy (non-hydrogen) atoms. The minimum absolute atomic E-state index is 0.0726. The molecule has 1 saturated carbocycles. The first kappa shape index (κ1) is 26.9. The van der Waals surface area contributed by atoms with Crippen LogP contribution in [-0.2, 0) is 19.1 Å². The van der Waals surface area contributed by atoms with Gasteiger partial charge in [-0.1, -0.05) is 38.3 Å². The van der Waals surface area contributed by atoms with Gasteiger partial charge in [-0.25, -0.2) is 0 Å². The highest BCUT2D eigenvalue weighted by molar-refractivity contribution is 5.99. The highest BCUT2D eigenvalue weighted by atomic mass is 16.5. The summed E-state index contributed by atoms with van der Waals surface area (Å²) in [5, 5.41) is 9.55. The molecule has 1 N–H and O–H groups in total. The molecule has 3 aliphatic heterocycles. The van der Waals surface area contributed by atoms with Gasteiger partial charge in [0.1, 0.15) is 11.6 Å². The molecule has 4 fully saturated rings. The maximum atomic E-state index is 14.3. The Bertz CT molecular complexity index is 856. The van der Waals surface area contributed by atoms with Crippen LogP contribution in [0.15, 0.2) is 25.3 Å². The number of hydrogen-bond acceptors (Lipinski definition) is 5. The molecule has 3 saturated heterocycles. The van der Waals surface area contributed by atoms with Gasteiger partial charge < -0.3 is 24.5 Å². The van der Waals surface area contributed by atoms with E-state index in [1.165, 1.54) is 6.42 Å². The zero-order valence-electron chi connectivity index (χ0n) is 21.8. The van der Waals surface area contributed by atoms with Crippen molar-refractivity contribution in [2.24, 2.45) is 11.8 Å². The van der Waals surface area contributed by atoms with Crippen LogP contribution < -0.4 is 0 Å². The van der Waals surface area contributed by atoms with Gasteiger partial charge in [-0.05, 0) is 38.5 Å². The van der Waals surface area contributed by atoms with E-state index in [0.717, 1.165) is 32.1 Å². The van der Waals surface area contributed by atoms with Crippen LogP contribution in [0.25, 0.3) is 0 Å². The molecular formula is C28H43N3O5. The van der Waals surface area contributed by atoms with Gasteiger partial charge in [0, 0.05) is 38.8 Å². The Hall–Kier alpha value is -2.19. The summed E-state index contributed by atoms with van der Waals surface area (Å²) in [5.74, 6) is -1.61. The molecule has 1 spiro atoms. The molecule has 3 heterocycles. The first-order valence-electron chi connectivity index (χ1n) is 13.8. The van der Waals surface area contributed by atoms with Crippen LogP contribution in [0.1, 0.15) is 64.7 Å². The molecule has 3 amide bonds.